The number of hydrogen-bond acceptors (Lipinski definition) is 6. The zero-order valence-electron chi connectivity index (χ0n) is 33.9. The maximum Gasteiger partial charge on any atom is 0.261 e. The summed E-state index contributed by atoms with van der Waals surface area (Å²) in [6.45, 7) is 7.53. The molecule has 2 fully saturated rings. The standard InChI is InChI=1S/C50H50INO6Si/c1-50(2,3)59(38-21-13-7-14-22-38,39-23-15-8-16-24-39)58-31-36-30-40-46(49(55)52(48(40)54)37-19-11-6-12-20-37)41-32-57-43(45(36)41)26-25-35(34-17-9-5-10-18-34)27-33-28-42(51)47(53)44(29-33)56-4/h5-24,27-29,40-41,43,46,53H,25-26,30-32H2,1-4H3/b35-27-/t40-,41+,43-,46-/m1/s1. The molecule has 0 unspecified atom stereocenters. The monoisotopic (exact) mass is 915 g/mol. The number of rotatable bonds is 12. The number of amides is 2. The third kappa shape index (κ3) is 7.74. The van der Waals surface area contributed by atoms with Gasteiger partial charge in [0.25, 0.3) is 8.32 Å². The number of halogens is 1. The Hall–Kier alpha value is -4.81. The summed E-state index contributed by atoms with van der Waals surface area (Å²) in [6.07, 6.45) is 3.68. The molecule has 302 valence electrons. The number of hydrogen-bond donors (Lipinski definition) is 1. The Morgan fingerprint density at radius 2 is 1.44 bits per heavy atom. The highest BCUT2D eigenvalue weighted by molar-refractivity contribution is 14.1. The first kappa shape index (κ1) is 40.9. The molecule has 4 atom stereocenters. The Morgan fingerprint density at radius 3 is 2.03 bits per heavy atom. The number of phenolic OH excluding ortho intramolecular Hbond substituents is 1. The van der Waals surface area contributed by atoms with Crippen molar-refractivity contribution in [1.29, 1.82) is 0 Å². The van der Waals surface area contributed by atoms with Crippen LogP contribution in [0, 0.1) is 21.3 Å². The summed E-state index contributed by atoms with van der Waals surface area (Å²) in [5.74, 6) is -0.995. The average molecular weight is 916 g/mol. The van der Waals surface area contributed by atoms with Crippen LogP contribution in [-0.4, -0.2) is 51.7 Å². The molecule has 3 aliphatic rings. The van der Waals surface area contributed by atoms with Gasteiger partial charge in [-0.2, -0.15) is 0 Å². The predicted molar refractivity (Wildman–Crippen MR) is 245 cm³/mol. The minimum absolute atomic E-state index is 0.123. The van der Waals surface area contributed by atoms with Crippen LogP contribution < -0.4 is 20.0 Å². The van der Waals surface area contributed by atoms with Crippen LogP contribution in [0.3, 0.4) is 0 Å². The Morgan fingerprint density at radius 1 is 0.847 bits per heavy atom. The molecule has 0 aromatic heterocycles. The molecule has 0 spiro atoms. The second-order valence-corrected chi connectivity index (χ2v) is 22.2. The van der Waals surface area contributed by atoms with Crippen molar-refractivity contribution in [3.8, 4) is 11.5 Å². The number of phenols is 1. The van der Waals surface area contributed by atoms with E-state index in [1.807, 2.05) is 72.8 Å². The van der Waals surface area contributed by atoms with Crippen LogP contribution in [0.15, 0.2) is 145 Å². The van der Waals surface area contributed by atoms with E-state index in [0.717, 1.165) is 27.8 Å². The quantitative estimate of drug-likeness (QED) is 0.0442. The third-order valence-electron chi connectivity index (χ3n) is 12.3. The van der Waals surface area contributed by atoms with Gasteiger partial charge < -0.3 is 19.0 Å². The molecule has 2 aliphatic heterocycles. The molecule has 5 aromatic carbocycles. The number of fused-ring (bicyclic) bond motifs is 3. The highest BCUT2D eigenvalue weighted by Gasteiger charge is 2.58. The normalized spacial score (nSPS) is 20.8. The Balaban J connectivity index is 1.20. The average Bonchev–Trinajstić information content (AvgIpc) is 3.79. The molecule has 1 aliphatic carbocycles. The molecule has 8 rings (SSSR count). The van der Waals surface area contributed by atoms with E-state index in [1.54, 1.807) is 7.11 Å². The van der Waals surface area contributed by atoms with E-state index in [1.165, 1.54) is 15.3 Å². The lowest BCUT2D eigenvalue weighted by Gasteiger charge is -2.44. The second-order valence-electron chi connectivity index (χ2n) is 16.8. The number of nitrogens with zero attached hydrogens (tertiary/aromatic N) is 1. The largest absolute Gasteiger partial charge is 0.504 e. The van der Waals surface area contributed by atoms with Crippen LogP contribution in [0.4, 0.5) is 5.69 Å². The number of carbonyl (C=O) groups is 2. The fourth-order valence-corrected chi connectivity index (χ4v) is 14.8. The molecule has 7 nitrogen and oxygen atoms in total. The molecule has 2 heterocycles. The molecular formula is C50H50INO6Si. The van der Waals surface area contributed by atoms with Crippen molar-refractivity contribution in [3.63, 3.8) is 0 Å². The van der Waals surface area contributed by atoms with Gasteiger partial charge in [-0.1, -0.05) is 136 Å². The highest BCUT2D eigenvalue weighted by Crippen LogP contribution is 2.51. The van der Waals surface area contributed by atoms with Gasteiger partial charge in [-0.05, 0) is 109 Å². The number of anilines is 1. The van der Waals surface area contributed by atoms with Crippen LogP contribution in [0.2, 0.25) is 5.04 Å². The third-order valence-corrected chi connectivity index (χ3v) is 18.1. The minimum atomic E-state index is -2.94. The summed E-state index contributed by atoms with van der Waals surface area (Å²) >= 11 is 2.13. The lowest BCUT2D eigenvalue weighted by molar-refractivity contribution is -0.122. The van der Waals surface area contributed by atoms with Crippen LogP contribution in [0.1, 0.15) is 51.2 Å². The number of allylic oxidation sites excluding steroid dienone is 1. The fraction of sp³-hybridized carbons (Fsp3) is 0.280. The van der Waals surface area contributed by atoms with Gasteiger partial charge >= 0.3 is 0 Å². The van der Waals surface area contributed by atoms with Crippen LogP contribution >= 0.6 is 22.6 Å². The predicted octanol–water partition coefficient (Wildman–Crippen LogP) is 9.42. The summed E-state index contributed by atoms with van der Waals surface area (Å²) in [7, 11) is -1.39. The summed E-state index contributed by atoms with van der Waals surface area (Å²) in [5, 5.41) is 12.7. The van der Waals surface area contributed by atoms with Crippen molar-refractivity contribution in [1.82, 2.24) is 0 Å². The first-order valence-corrected chi connectivity index (χ1v) is 23.3. The van der Waals surface area contributed by atoms with E-state index in [9.17, 15) is 14.7 Å². The zero-order valence-corrected chi connectivity index (χ0v) is 37.1. The Bertz CT molecular complexity index is 2340. The molecule has 0 radical (unpaired) electrons. The van der Waals surface area contributed by atoms with Crippen molar-refractivity contribution < 1.29 is 28.6 Å². The van der Waals surface area contributed by atoms with Crippen molar-refractivity contribution in [2.45, 2.75) is 51.2 Å². The van der Waals surface area contributed by atoms with Gasteiger partial charge in [0.2, 0.25) is 11.8 Å². The van der Waals surface area contributed by atoms with Gasteiger partial charge in [0.15, 0.2) is 11.5 Å². The van der Waals surface area contributed by atoms with Gasteiger partial charge in [-0.3, -0.25) is 14.5 Å². The number of para-hydroxylation sites is 1. The van der Waals surface area contributed by atoms with Gasteiger partial charge in [-0.15, -0.1) is 0 Å². The molecule has 9 heteroatoms. The SMILES string of the molecule is COc1cc(/C=C(/CC[C@H]2OC[C@H]3C2=C(CO[Si](c2ccccc2)(c2ccccc2)C(C)(C)C)C[C@H]2C(=O)N(c4ccccc4)C(=O)[C@H]23)c2ccccc2)cc(I)c1O. The summed E-state index contributed by atoms with van der Waals surface area (Å²) < 4.78 is 20.6. The molecule has 0 bridgehead atoms. The molecule has 2 amide bonds. The number of methoxy groups -OCH3 is 1. The lowest BCUT2D eigenvalue weighted by Crippen LogP contribution is -2.66. The van der Waals surface area contributed by atoms with E-state index in [-0.39, 0.29) is 34.6 Å². The van der Waals surface area contributed by atoms with Gasteiger partial charge in [0.1, 0.15) is 0 Å². The van der Waals surface area contributed by atoms with Crippen molar-refractivity contribution in [2.75, 3.05) is 25.2 Å². The summed E-state index contributed by atoms with van der Waals surface area (Å²) in [4.78, 5) is 30.2. The number of benzene rings is 5. The molecule has 1 N–H and O–H groups in total. The van der Waals surface area contributed by atoms with E-state index in [4.69, 9.17) is 13.9 Å². The Labute approximate surface area is 362 Å². The highest BCUT2D eigenvalue weighted by atomic mass is 127. The lowest BCUT2D eigenvalue weighted by atomic mass is 9.69. The summed E-state index contributed by atoms with van der Waals surface area (Å²) in [5.41, 5.74) is 5.93. The van der Waals surface area contributed by atoms with Crippen molar-refractivity contribution in [2.24, 2.45) is 17.8 Å². The van der Waals surface area contributed by atoms with E-state index < -0.39 is 20.2 Å². The molecule has 59 heavy (non-hydrogen) atoms. The number of carbonyl (C=O) groups excluding carboxylic acids is 2. The van der Waals surface area contributed by atoms with Gasteiger partial charge in [0, 0.05) is 5.92 Å². The van der Waals surface area contributed by atoms with Crippen LogP contribution in [0.25, 0.3) is 11.6 Å². The minimum Gasteiger partial charge on any atom is -0.504 e. The fourth-order valence-electron chi connectivity index (χ4n) is 9.67. The van der Waals surface area contributed by atoms with E-state index in [0.29, 0.717) is 47.5 Å². The van der Waals surface area contributed by atoms with Crippen molar-refractivity contribution in [3.05, 3.63) is 159 Å². The van der Waals surface area contributed by atoms with E-state index in [2.05, 4.69) is 110 Å². The van der Waals surface area contributed by atoms with Gasteiger partial charge in [0.05, 0.1) is 47.5 Å². The maximum absolute atomic E-state index is 14.4. The molecule has 0 saturated carbocycles. The number of imide groups is 1. The summed E-state index contributed by atoms with van der Waals surface area (Å²) in [6, 6.07) is 44.7. The number of aromatic hydroxyl groups is 1. The van der Waals surface area contributed by atoms with Crippen molar-refractivity contribution >= 4 is 70.4 Å². The first-order valence-electron chi connectivity index (χ1n) is 20.4. The van der Waals surface area contributed by atoms with Crippen LogP contribution in [-0.2, 0) is 18.8 Å². The second kappa shape index (κ2) is 17.0. The number of ether oxygens (including phenoxy) is 2. The smallest absolute Gasteiger partial charge is 0.261 e. The van der Waals surface area contributed by atoms with Crippen LogP contribution in [0.5, 0.6) is 11.5 Å². The maximum atomic E-state index is 14.4. The van der Waals surface area contributed by atoms with Gasteiger partial charge in [-0.25, -0.2) is 0 Å². The zero-order chi connectivity index (χ0) is 41.3. The van der Waals surface area contributed by atoms with E-state index >= 15 is 0 Å². The first-order chi connectivity index (χ1) is 28.5. The molecule has 5 aromatic rings. The molecule has 2 saturated heterocycles. The molecular weight excluding hydrogens is 866 g/mol. The Kier molecular flexibility index (Phi) is 11.8. The topological polar surface area (TPSA) is 85.3 Å².